The van der Waals surface area contributed by atoms with Gasteiger partial charge in [0.05, 0.1) is 4.92 Å². The molecule has 0 atom stereocenters. The summed E-state index contributed by atoms with van der Waals surface area (Å²) in [7, 11) is 0. The molecule has 0 spiro atoms. The number of carboxylic acids is 1. The minimum absolute atomic E-state index is 0. The largest absolute Gasteiger partial charge is 0.476 e. The number of para-hydroxylation sites is 1. The van der Waals surface area contributed by atoms with Gasteiger partial charge in [0.2, 0.25) is 5.01 Å². The van der Waals surface area contributed by atoms with E-state index < -0.39 is 10.9 Å². The van der Waals surface area contributed by atoms with Crippen LogP contribution in [-0.4, -0.2) is 21.0 Å². The van der Waals surface area contributed by atoms with E-state index >= 15 is 0 Å². The maximum atomic E-state index is 10.0. The number of hydrogen-bond donors (Lipinski definition) is 1. The van der Waals surface area contributed by atoms with E-state index in [4.69, 9.17) is 5.11 Å². The molecule has 0 saturated carbocycles. The second-order valence-electron chi connectivity index (χ2n) is 2.74. The first kappa shape index (κ1) is 16.2. The second kappa shape index (κ2) is 8.34. The molecule has 0 saturated heterocycles. The van der Waals surface area contributed by atoms with Crippen LogP contribution >= 0.6 is 11.3 Å². The van der Waals surface area contributed by atoms with Crippen molar-refractivity contribution in [2.45, 2.75) is 0 Å². The summed E-state index contributed by atoms with van der Waals surface area (Å²) >= 11 is 1.12. The normalized spacial score (nSPS) is 8.44. The van der Waals surface area contributed by atoms with Crippen LogP contribution in [-0.2, 0) is 16.8 Å². The van der Waals surface area contributed by atoms with Crippen LogP contribution in [0.5, 0.6) is 0 Å². The molecule has 0 amide bonds. The fourth-order valence-corrected chi connectivity index (χ4v) is 1.35. The van der Waals surface area contributed by atoms with Crippen molar-refractivity contribution in [3.05, 3.63) is 57.0 Å². The third-order valence-corrected chi connectivity index (χ3v) is 2.34. The van der Waals surface area contributed by atoms with E-state index in [1.165, 1.54) is 18.3 Å². The molecule has 1 heterocycles. The summed E-state index contributed by atoms with van der Waals surface area (Å²) in [5.41, 5.74) is 0.137. The molecule has 8 heteroatoms. The summed E-state index contributed by atoms with van der Waals surface area (Å²) < 4.78 is 0. The molecule has 97 valence electrons. The fraction of sp³-hybridized carbons (Fsp3) is 0. The molecule has 6 nitrogen and oxygen atoms in total. The van der Waals surface area contributed by atoms with E-state index in [1.54, 1.807) is 23.6 Å². The molecule has 1 N–H and O–H groups in total. The predicted molar refractivity (Wildman–Crippen MR) is 62.2 cm³/mol. The number of nitro groups is 1. The topological polar surface area (TPSA) is 93.3 Å². The monoisotopic (exact) mass is 311 g/mol. The Morgan fingerprint density at radius 1 is 1.33 bits per heavy atom. The van der Waals surface area contributed by atoms with E-state index in [2.05, 4.69) is 4.98 Å². The molecule has 0 fully saturated rings. The second-order valence-corrected chi connectivity index (χ2v) is 3.63. The molecule has 1 radical (unpaired) electrons. The van der Waals surface area contributed by atoms with Gasteiger partial charge in [0.15, 0.2) is 0 Å². The number of nitro benzene ring substituents is 1. The maximum absolute atomic E-state index is 10.0. The molecule has 0 aliphatic rings. The van der Waals surface area contributed by atoms with Gasteiger partial charge in [-0.3, -0.25) is 10.1 Å². The molecule has 1 aromatic carbocycles. The van der Waals surface area contributed by atoms with Crippen molar-refractivity contribution in [1.82, 2.24) is 4.98 Å². The van der Waals surface area contributed by atoms with Crippen LogP contribution in [0.25, 0.3) is 0 Å². The summed E-state index contributed by atoms with van der Waals surface area (Å²) in [6.07, 6.45) is 1.47. The van der Waals surface area contributed by atoms with E-state index in [0.29, 0.717) is 0 Å². The van der Waals surface area contributed by atoms with Crippen LogP contribution in [0.2, 0.25) is 0 Å². The van der Waals surface area contributed by atoms with Crippen molar-refractivity contribution in [3.8, 4) is 0 Å². The fourth-order valence-electron chi connectivity index (χ4n) is 0.879. The van der Waals surface area contributed by atoms with Crippen LogP contribution in [0.3, 0.4) is 0 Å². The number of aromatic nitrogens is 1. The number of thiazole rings is 1. The van der Waals surface area contributed by atoms with Crippen molar-refractivity contribution in [2.24, 2.45) is 0 Å². The molecule has 0 unspecified atom stereocenters. The van der Waals surface area contributed by atoms with Gasteiger partial charge in [-0.2, -0.15) is 0 Å². The van der Waals surface area contributed by atoms with Gasteiger partial charge in [0.25, 0.3) is 5.69 Å². The van der Waals surface area contributed by atoms with Gasteiger partial charge in [-0.25, -0.2) is 9.78 Å². The Morgan fingerprint density at radius 3 is 2.22 bits per heavy atom. The Bertz CT molecular complexity index is 490. The Balaban J connectivity index is 0.000000306. The molecule has 0 aliphatic carbocycles. The number of rotatable bonds is 2. The van der Waals surface area contributed by atoms with E-state index in [0.717, 1.165) is 11.3 Å². The summed E-state index contributed by atoms with van der Waals surface area (Å²) in [5, 5.41) is 20.0. The first-order valence-corrected chi connectivity index (χ1v) is 5.31. The van der Waals surface area contributed by atoms with Gasteiger partial charge in [-0.05, 0) is 0 Å². The third-order valence-electron chi connectivity index (χ3n) is 1.58. The minimum atomic E-state index is -0.958. The number of hydrogen-bond acceptors (Lipinski definition) is 5. The smallest absolute Gasteiger partial charge is 0.364 e. The average Bonchev–Trinajstić information content (AvgIpc) is 2.84. The zero-order valence-corrected chi connectivity index (χ0v) is 10.7. The van der Waals surface area contributed by atoms with Gasteiger partial charge in [-0.15, -0.1) is 11.3 Å². The van der Waals surface area contributed by atoms with Crippen molar-refractivity contribution in [1.29, 1.82) is 0 Å². The molecule has 2 rings (SSSR count). The van der Waals surface area contributed by atoms with Crippen LogP contribution in [0, 0.1) is 10.1 Å². The molecule has 2 aromatic rings. The number of benzene rings is 1. The molecule has 18 heavy (non-hydrogen) atoms. The van der Waals surface area contributed by atoms with Crippen molar-refractivity contribution < 1.29 is 31.6 Å². The van der Waals surface area contributed by atoms with Crippen LogP contribution in [0.15, 0.2) is 41.9 Å². The van der Waals surface area contributed by atoms with Gasteiger partial charge in [0, 0.05) is 40.5 Å². The quantitative estimate of drug-likeness (QED) is 0.679. The summed E-state index contributed by atoms with van der Waals surface area (Å²) in [6.45, 7) is 0. The number of aromatic carboxylic acids is 1. The predicted octanol–water partition coefficient (Wildman–Crippen LogP) is 2.43. The van der Waals surface area contributed by atoms with Gasteiger partial charge in [-0.1, -0.05) is 18.2 Å². The van der Waals surface area contributed by atoms with Crippen LogP contribution in [0.4, 0.5) is 5.69 Å². The standard InChI is InChI=1S/C6H5NO2.C4H3NO2S.Co/c8-7(9)6-4-2-1-3-5-6;6-4(7)3-5-1-2-8-3;/h1-5H;1-2H,(H,6,7);. The van der Waals surface area contributed by atoms with Crippen LogP contribution in [0.1, 0.15) is 9.80 Å². The average molecular weight is 311 g/mol. The van der Waals surface area contributed by atoms with Crippen molar-refractivity contribution in [3.63, 3.8) is 0 Å². The zero-order chi connectivity index (χ0) is 12.7. The Hall–Kier alpha value is -1.77. The van der Waals surface area contributed by atoms with E-state index in [9.17, 15) is 14.9 Å². The van der Waals surface area contributed by atoms with E-state index in [-0.39, 0.29) is 27.5 Å². The SMILES string of the molecule is O=C(O)c1nccs1.O=[N+]([O-])c1ccccc1.[Co]. The van der Waals surface area contributed by atoms with Crippen molar-refractivity contribution in [2.75, 3.05) is 0 Å². The molecular weight excluding hydrogens is 303 g/mol. The number of carbonyl (C=O) groups is 1. The molecule has 0 aliphatic heterocycles. The number of carboxylic acid groups (broad SMARTS) is 1. The summed E-state index contributed by atoms with van der Waals surface area (Å²) in [5.74, 6) is -0.958. The maximum Gasteiger partial charge on any atom is 0.364 e. The minimum Gasteiger partial charge on any atom is -0.476 e. The van der Waals surface area contributed by atoms with E-state index in [1.807, 2.05) is 0 Å². The van der Waals surface area contributed by atoms with Crippen molar-refractivity contribution >= 4 is 23.0 Å². The molecular formula is C10H8CoN2O4S. The molecule has 0 bridgehead atoms. The summed E-state index contributed by atoms with van der Waals surface area (Å²) in [4.78, 5) is 23.1. The van der Waals surface area contributed by atoms with Gasteiger partial charge in [0.1, 0.15) is 0 Å². The summed E-state index contributed by atoms with van der Waals surface area (Å²) in [6, 6.07) is 7.93. The first-order chi connectivity index (χ1) is 8.11. The Kier molecular flexibility index (Phi) is 7.52. The molecule has 1 aromatic heterocycles. The number of non-ortho nitro benzene ring substituents is 1. The Labute approximate surface area is 117 Å². The van der Waals surface area contributed by atoms with Crippen LogP contribution < -0.4 is 0 Å². The van der Waals surface area contributed by atoms with Gasteiger partial charge < -0.3 is 5.11 Å². The number of nitrogens with zero attached hydrogens (tertiary/aromatic N) is 2. The first-order valence-electron chi connectivity index (χ1n) is 4.43. The Morgan fingerprint density at radius 2 is 1.94 bits per heavy atom. The zero-order valence-electron chi connectivity index (χ0n) is 8.85. The third kappa shape index (κ3) is 5.52. The van der Waals surface area contributed by atoms with Gasteiger partial charge >= 0.3 is 5.97 Å².